The molecule has 0 saturated heterocycles. The molecule has 134 valence electrons. The third kappa shape index (κ3) is 3.88. The van der Waals surface area contributed by atoms with Gasteiger partial charge in [0.25, 0.3) is 0 Å². The van der Waals surface area contributed by atoms with Crippen LogP contribution >= 0.6 is 0 Å². The maximum atomic E-state index is 5.49. The number of aromatic nitrogens is 4. The van der Waals surface area contributed by atoms with Gasteiger partial charge in [-0.05, 0) is 37.6 Å². The second kappa shape index (κ2) is 7.77. The van der Waals surface area contributed by atoms with Crippen molar-refractivity contribution in [2.24, 2.45) is 0 Å². The third-order valence-electron chi connectivity index (χ3n) is 3.88. The van der Waals surface area contributed by atoms with Gasteiger partial charge in [0.1, 0.15) is 11.6 Å². The highest BCUT2D eigenvalue weighted by Crippen LogP contribution is 2.31. The number of methoxy groups -OCH3 is 1. The number of aryl methyl sites for hydroxylation is 2. The van der Waals surface area contributed by atoms with E-state index in [9.17, 15) is 0 Å². The Bertz CT molecular complexity index is 912. The molecule has 0 aliphatic heterocycles. The normalized spacial score (nSPS) is 10.5. The van der Waals surface area contributed by atoms with Crippen LogP contribution in [0.4, 0.5) is 17.5 Å². The molecular formula is C19H22N6O. The van der Waals surface area contributed by atoms with Crippen LogP contribution in [0, 0.1) is 6.92 Å². The molecule has 0 spiro atoms. The van der Waals surface area contributed by atoms with Crippen LogP contribution in [0.3, 0.4) is 0 Å². The second-order valence-electron chi connectivity index (χ2n) is 5.73. The maximum Gasteiger partial charge on any atom is 0.229 e. The fourth-order valence-corrected chi connectivity index (χ4v) is 2.56. The number of hydrogen-bond donors (Lipinski definition) is 2. The summed E-state index contributed by atoms with van der Waals surface area (Å²) >= 11 is 0. The molecule has 1 aromatic carbocycles. The lowest BCUT2D eigenvalue weighted by atomic mass is 10.1. The van der Waals surface area contributed by atoms with Crippen LogP contribution in [0.25, 0.3) is 11.4 Å². The maximum absolute atomic E-state index is 5.49. The van der Waals surface area contributed by atoms with Gasteiger partial charge in [-0.1, -0.05) is 6.92 Å². The van der Waals surface area contributed by atoms with Gasteiger partial charge in [0.05, 0.1) is 12.7 Å². The van der Waals surface area contributed by atoms with Gasteiger partial charge in [-0.2, -0.15) is 4.98 Å². The molecular weight excluding hydrogens is 328 g/mol. The minimum atomic E-state index is 0.522. The van der Waals surface area contributed by atoms with E-state index in [4.69, 9.17) is 4.74 Å². The van der Waals surface area contributed by atoms with Gasteiger partial charge < -0.3 is 15.4 Å². The fourth-order valence-electron chi connectivity index (χ4n) is 2.56. The molecule has 26 heavy (non-hydrogen) atoms. The van der Waals surface area contributed by atoms with E-state index < -0.39 is 0 Å². The number of nitrogens with zero attached hydrogens (tertiary/aromatic N) is 4. The standard InChI is InChI=1S/C19H22N6O/c1-5-13-8-9-21-18(23-13)15-11-14(6-7-16(15)26-4)24-19-22-12(2)10-17(20-3)25-19/h6-11H,5H2,1-4H3,(H2,20,22,24,25). The molecule has 0 aliphatic carbocycles. The van der Waals surface area contributed by atoms with E-state index in [1.54, 1.807) is 13.3 Å². The van der Waals surface area contributed by atoms with E-state index in [1.165, 1.54) is 0 Å². The molecule has 0 radical (unpaired) electrons. The van der Waals surface area contributed by atoms with Crippen LogP contribution in [0.5, 0.6) is 5.75 Å². The molecule has 0 fully saturated rings. The Morgan fingerprint density at radius 2 is 1.92 bits per heavy atom. The number of benzene rings is 1. The van der Waals surface area contributed by atoms with Crippen molar-refractivity contribution in [1.29, 1.82) is 0 Å². The Hall–Kier alpha value is -3.22. The lowest BCUT2D eigenvalue weighted by Gasteiger charge is -2.12. The molecule has 7 heteroatoms. The van der Waals surface area contributed by atoms with E-state index in [2.05, 4.69) is 37.5 Å². The number of nitrogens with one attached hydrogen (secondary N) is 2. The Morgan fingerprint density at radius 1 is 1.08 bits per heavy atom. The molecule has 0 unspecified atom stereocenters. The molecule has 3 aromatic rings. The zero-order valence-electron chi connectivity index (χ0n) is 15.4. The summed E-state index contributed by atoms with van der Waals surface area (Å²) in [5.41, 5.74) is 3.50. The lowest BCUT2D eigenvalue weighted by Crippen LogP contribution is -2.03. The number of hydrogen-bond acceptors (Lipinski definition) is 7. The van der Waals surface area contributed by atoms with E-state index in [-0.39, 0.29) is 0 Å². The number of ether oxygens (including phenoxy) is 1. The van der Waals surface area contributed by atoms with Crippen molar-refractivity contribution in [1.82, 2.24) is 19.9 Å². The van der Waals surface area contributed by atoms with Crippen LogP contribution in [0.15, 0.2) is 36.5 Å². The van der Waals surface area contributed by atoms with Gasteiger partial charge >= 0.3 is 0 Å². The largest absolute Gasteiger partial charge is 0.496 e. The van der Waals surface area contributed by atoms with Crippen molar-refractivity contribution in [3.8, 4) is 17.1 Å². The second-order valence-corrected chi connectivity index (χ2v) is 5.73. The average molecular weight is 350 g/mol. The van der Waals surface area contributed by atoms with Gasteiger partial charge in [0.15, 0.2) is 5.82 Å². The highest BCUT2D eigenvalue weighted by atomic mass is 16.5. The highest BCUT2D eigenvalue weighted by Gasteiger charge is 2.11. The minimum absolute atomic E-state index is 0.522. The Labute approximate surface area is 152 Å². The summed E-state index contributed by atoms with van der Waals surface area (Å²) in [7, 11) is 3.47. The lowest BCUT2D eigenvalue weighted by molar-refractivity contribution is 0.416. The summed E-state index contributed by atoms with van der Waals surface area (Å²) in [5.74, 6) is 2.62. The Morgan fingerprint density at radius 3 is 2.65 bits per heavy atom. The summed E-state index contributed by atoms with van der Waals surface area (Å²) in [6.07, 6.45) is 2.61. The fraction of sp³-hybridized carbons (Fsp3) is 0.263. The monoisotopic (exact) mass is 350 g/mol. The van der Waals surface area contributed by atoms with Crippen LogP contribution < -0.4 is 15.4 Å². The molecule has 0 bridgehead atoms. The van der Waals surface area contributed by atoms with E-state index in [0.717, 1.165) is 34.9 Å². The summed E-state index contributed by atoms with van der Waals surface area (Å²) in [5, 5.41) is 6.27. The summed E-state index contributed by atoms with van der Waals surface area (Å²) < 4.78 is 5.49. The smallest absolute Gasteiger partial charge is 0.229 e. The van der Waals surface area contributed by atoms with Crippen LogP contribution in [-0.4, -0.2) is 34.1 Å². The van der Waals surface area contributed by atoms with Crippen LogP contribution in [0.1, 0.15) is 18.3 Å². The molecule has 0 aliphatic rings. The Kier molecular flexibility index (Phi) is 5.26. The van der Waals surface area contributed by atoms with Crippen LogP contribution in [0.2, 0.25) is 0 Å². The first-order valence-corrected chi connectivity index (χ1v) is 8.43. The van der Waals surface area contributed by atoms with E-state index in [1.807, 2.05) is 44.3 Å². The quantitative estimate of drug-likeness (QED) is 0.702. The molecule has 0 atom stereocenters. The van der Waals surface area contributed by atoms with Gasteiger partial charge in [0, 0.05) is 36.4 Å². The van der Waals surface area contributed by atoms with Crippen molar-refractivity contribution in [3.05, 3.63) is 47.9 Å². The number of rotatable bonds is 6. The highest BCUT2D eigenvalue weighted by molar-refractivity contribution is 5.71. The van der Waals surface area contributed by atoms with E-state index in [0.29, 0.717) is 17.5 Å². The van der Waals surface area contributed by atoms with Gasteiger partial charge in [0.2, 0.25) is 5.95 Å². The van der Waals surface area contributed by atoms with Gasteiger partial charge in [-0.15, -0.1) is 0 Å². The van der Waals surface area contributed by atoms with Gasteiger partial charge in [-0.3, -0.25) is 0 Å². The Balaban J connectivity index is 1.98. The van der Waals surface area contributed by atoms with Crippen molar-refractivity contribution in [2.45, 2.75) is 20.3 Å². The third-order valence-corrected chi connectivity index (χ3v) is 3.88. The predicted molar refractivity (Wildman–Crippen MR) is 103 cm³/mol. The minimum Gasteiger partial charge on any atom is -0.496 e. The molecule has 2 aromatic heterocycles. The molecule has 2 heterocycles. The zero-order chi connectivity index (χ0) is 18.5. The van der Waals surface area contributed by atoms with Crippen molar-refractivity contribution >= 4 is 17.5 Å². The van der Waals surface area contributed by atoms with Gasteiger partial charge in [-0.25, -0.2) is 15.0 Å². The molecule has 7 nitrogen and oxygen atoms in total. The topological polar surface area (TPSA) is 84.9 Å². The first-order chi connectivity index (χ1) is 12.6. The molecule has 0 amide bonds. The first-order valence-electron chi connectivity index (χ1n) is 8.43. The van der Waals surface area contributed by atoms with Crippen LogP contribution in [-0.2, 0) is 6.42 Å². The number of anilines is 3. The molecule has 3 rings (SSSR count). The zero-order valence-corrected chi connectivity index (χ0v) is 15.4. The van der Waals surface area contributed by atoms with Crippen molar-refractivity contribution in [2.75, 3.05) is 24.8 Å². The SMILES string of the molecule is CCc1ccnc(-c2cc(Nc3nc(C)cc(NC)n3)ccc2OC)n1. The average Bonchev–Trinajstić information content (AvgIpc) is 2.67. The summed E-state index contributed by atoms with van der Waals surface area (Å²) in [6.45, 7) is 3.99. The van der Waals surface area contributed by atoms with Crippen molar-refractivity contribution < 1.29 is 4.74 Å². The van der Waals surface area contributed by atoms with E-state index >= 15 is 0 Å². The summed E-state index contributed by atoms with van der Waals surface area (Å²) in [6, 6.07) is 9.54. The first kappa shape index (κ1) is 17.6. The molecule has 2 N–H and O–H groups in total. The molecule has 0 saturated carbocycles. The summed E-state index contributed by atoms with van der Waals surface area (Å²) in [4.78, 5) is 17.8. The van der Waals surface area contributed by atoms with Crippen molar-refractivity contribution in [3.63, 3.8) is 0 Å². The predicted octanol–water partition coefficient (Wildman–Crippen LogP) is 3.60.